The molecule has 346 valence electrons. The van der Waals surface area contributed by atoms with Crippen LogP contribution in [-0.2, 0) is 52.3 Å². The average Bonchev–Trinajstić information content (AvgIpc) is 3.40. The van der Waals surface area contributed by atoms with E-state index in [0.29, 0.717) is 4.90 Å². The van der Waals surface area contributed by atoms with Crippen molar-refractivity contribution in [2.75, 3.05) is 20.3 Å². The van der Waals surface area contributed by atoms with Gasteiger partial charge in [0.15, 0.2) is 29.2 Å². The number of carbonyl (C=O) groups excluding carboxylic acids is 7. The summed E-state index contributed by atoms with van der Waals surface area (Å²) in [5, 5.41) is 48.2. The number of esters is 3. The van der Waals surface area contributed by atoms with E-state index in [-0.39, 0.29) is 23.1 Å². The SMILES string of the molecule is COC(=O)O[C@@]12CO[C@@H]1CC(O)[C@@]1(C)C(=O)[C@H](OC(C)=O)C3=C(C)[C@@](C)(OC(=O)[C@H](O)[C@@H](N4C(=O)OC(C)(C)C4=O)C(C)(C)CO)C[C@@](O)([C@@H](OC(=O)c4ccccc4)C12)C3(C)C. The van der Waals surface area contributed by atoms with Gasteiger partial charge in [-0.05, 0) is 57.9 Å². The molecule has 6 rings (SSSR count). The Bertz CT molecular complexity index is 2130. The molecule has 2 bridgehead atoms. The highest BCUT2D eigenvalue weighted by Crippen LogP contribution is 2.65. The van der Waals surface area contributed by atoms with E-state index in [1.54, 1.807) is 18.2 Å². The van der Waals surface area contributed by atoms with Gasteiger partial charge >= 0.3 is 30.2 Å². The molecular weight excluding hydrogens is 830 g/mol. The number of benzene rings is 1. The Kier molecular flexibility index (Phi) is 11.8. The number of hydrogen-bond acceptors (Lipinski definition) is 18. The van der Waals surface area contributed by atoms with E-state index in [1.165, 1.54) is 74.4 Å². The van der Waals surface area contributed by atoms with Crippen molar-refractivity contribution in [3.05, 3.63) is 47.0 Å². The predicted octanol–water partition coefficient (Wildman–Crippen LogP) is 2.32. The fraction of sp³-hybridized carbons (Fsp3) is 0.659. The fourth-order valence-corrected chi connectivity index (χ4v) is 10.5. The van der Waals surface area contributed by atoms with Gasteiger partial charge in [-0.25, -0.2) is 24.1 Å². The van der Waals surface area contributed by atoms with Crippen LogP contribution < -0.4 is 0 Å². The molecule has 19 nitrogen and oxygen atoms in total. The van der Waals surface area contributed by atoms with Crippen LogP contribution in [0.15, 0.2) is 41.5 Å². The van der Waals surface area contributed by atoms with Crippen molar-refractivity contribution in [1.29, 1.82) is 0 Å². The molecule has 0 spiro atoms. The number of rotatable bonds is 10. The summed E-state index contributed by atoms with van der Waals surface area (Å²) in [6, 6.07) is 5.84. The number of aliphatic hydroxyl groups is 4. The molecule has 11 atom stereocenters. The molecular formula is C44H57NO18. The summed E-state index contributed by atoms with van der Waals surface area (Å²) in [5.41, 5.74) is -13.9. The Balaban J connectivity index is 1.61. The Labute approximate surface area is 363 Å². The van der Waals surface area contributed by atoms with Crippen molar-refractivity contribution in [1.82, 2.24) is 4.90 Å². The molecule has 2 heterocycles. The lowest BCUT2D eigenvalue weighted by Crippen LogP contribution is -2.82. The maximum absolute atomic E-state index is 15.6. The van der Waals surface area contributed by atoms with Crippen LogP contribution in [0.3, 0.4) is 0 Å². The molecule has 2 saturated carbocycles. The van der Waals surface area contributed by atoms with Crippen LogP contribution in [0.5, 0.6) is 0 Å². The molecule has 2 aliphatic heterocycles. The van der Waals surface area contributed by atoms with Crippen LogP contribution in [0.1, 0.15) is 92.4 Å². The summed E-state index contributed by atoms with van der Waals surface area (Å²) in [6.45, 7) is 12.3. The molecule has 2 amide bonds. The summed E-state index contributed by atoms with van der Waals surface area (Å²) >= 11 is 0. The second-order valence-electron chi connectivity index (χ2n) is 19.4. The van der Waals surface area contributed by atoms with E-state index in [4.69, 9.17) is 33.2 Å². The van der Waals surface area contributed by atoms with Gasteiger partial charge in [-0.3, -0.25) is 14.4 Å². The number of imide groups is 1. The van der Waals surface area contributed by atoms with E-state index in [0.717, 1.165) is 14.0 Å². The third kappa shape index (κ3) is 7.10. The number of aliphatic hydroxyl groups excluding tert-OH is 3. The molecule has 0 aromatic heterocycles. The van der Waals surface area contributed by atoms with Gasteiger partial charge in [0.2, 0.25) is 0 Å². The average molecular weight is 888 g/mol. The maximum Gasteiger partial charge on any atom is 0.508 e. The van der Waals surface area contributed by atoms with Crippen molar-refractivity contribution in [2.24, 2.45) is 22.2 Å². The minimum absolute atomic E-state index is 0.00302. The Morgan fingerprint density at radius 2 is 1.60 bits per heavy atom. The van der Waals surface area contributed by atoms with E-state index in [2.05, 4.69) is 0 Å². The second kappa shape index (κ2) is 15.6. The maximum atomic E-state index is 15.6. The summed E-state index contributed by atoms with van der Waals surface area (Å²) < 4.78 is 40.4. The van der Waals surface area contributed by atoms with Crippen LogP contribution in [0, 0.1) is 22.2 Å². The smallest absolute Gasteiger partial charge is 0.455 e. The highest BCUT2D eigenvalue weighted by Gasteiger charge is 2.79. The van der Waals surface area contributed by atoms with Gasteiger partial charge in [0.05, 0.1) is 49.4 Å². The first-order valence-corrected chi connectivity index (χ1v) is 20.6. The van der Waals surface area contributed by atoms with Gasteiger partial charge in [-0.15, -0.1) is 0 Å². The van der Waals surface area contributed by atoms with E-state index < -0.39 is 143 Å². The van der Waals surface area contributed by atoms with E-state index in [9.17, 15) is 49.2 Å². The van der Waals surface area contributed by atoms with Crippen LogP contribution >= 0.6 is 0 Å². The second-order valence-corrected chi connectivity index (χ2v) is 19.4. The number of ether oxygens (including phenoxy) is 7. The molecule has 2 saturated heterocycles. The number of amides is 2. The molecule has 19 heteroatoms. The number of cyclic esters (lactones) is 1. The third-order valence-corrected chi connectivity index (χ3v) is 14.3. The first-order chi connectivity index (χ1) is 29.0. The predicted molar refractivity (Wildman–Crippen MR) is 213 cm³/mol. The molecule has 1 aromatic rings. The first kappa shape index (κ1) is 47.5. The number of nitrogens with zero attached hydrogens (tertiary/aromatic N) is 1. The molecule has 3 aliphatic carbocycles. The van der Waals surface area contributed by atoms with Crippen molar-refractivity contribution in [3.63, 3.8) is 0 Å². The summed E-state index contributed by atoms with van der Waals surface area (Å²) in [7, 11) is 1.04. The van der Waals surface area contributed by atoms with Gasteiger partial charge in [-0.2, -0.15) is 0 Å². The van der Waals surface area contributed by atoms with Gasteiger partial charge in [0, 0.05) is 30.6 Å². The highest BCUT2D eigenvalue weighted by atomic mass is 16.8. The zero-order valence-corrected chi connectivity index (χ0v) is 37.2. The number of Topliss-reactive ketones (excluding diaryl/α,β-unsaturated/α-hetero) is 1. The number of hydrogen-bond donors (Lipinski definition) is 4. The minimum Gasteiger partial charge on any atom is -0.455 e. The first-order valence-electron chi connectivity index (χ1n) is 20.6. The lowest BCUT2D eigenvalue weighted by atomic mass is 9.44. The molecule has 2 unspecified atom stereocenters. The minimum atomic E-state index is -2.55. The summed E-state index contributed by atoms with van der Waals surface area (Å²) in [4.78, 5) is 97.9. The highest BCUT2D eigenvalue weighted by molar-refractivity contribution is 6.03. The molecule has 0 radical (unpaired) electrons. The molecule has 5 aliphatic rings. The van der Waals surface area contributed by atoms with Gasteiger partial charge in [0.25, 0.3) is 5.91 Å². The lowest BCUT2D eigenvalue weighted by Gasteiger charge is -2.67. The Hall–Kier alpha value is -4.95. The van der Waals surface area contributed by atoms with E-state index >= 15 is 4.79 Å². The fourth-order valence-electron chi connectivity index (χ4n) is 10.5. The van der Waals surface area contributed by atoms with Crippen molar-refractivity contribution in [2.45, 2.75) is 141 Å². The summed E-state index contributed by atoms with van der Waals surface area (Å²) in [6.07, 6.45) is -12.5. The number of fused-ring (bicyclic) bond motifs is 5. The van der Waals surface area contributed by atoms with Crippen molar-refractivity contribution < 1.29 is 87.1 Å². The monoisotopic (exact) mass is 887 g/mol. The Morgan fingerprint density at radius 3 is 2.11 bits per heavy atom. The molecule has 4 N–H and O–H groups in total. The lowest BCUT2D eigenvalue weighted by molar-refractivity contribution is -0.345. The van der Waals surface area contributed by atoms with Gasteiger partial charge < -0.3 is 53.6 Å². The Morgan fingerprint density at radius 1 is 0.984 bits per heavy atom. The number of methoxy groups -OCH3 is 1. The van der Waals surface area contributed by atoms with Gasteiger partial charge in [0.1, 0.15) is 23.4 Å². The van der Waals surface area contributed by atoms with Crippen LogP contribution in [-0.4, -0.2) is 146 Å². The zero-order chi connectivity index (χ0) is 47.2. The van der Waals surface area contributed by atoms with Gasteiger partial charge in [-0.1, -0.05) is 45.9 Å². The molecule has 4 fully saturated rings. The third-order valence-electron chi connectivity index (χ3n) is 14.3. The normalized spacial score (nSPS) is 35.3. The zero-order valence-electron chi connectivity index (χ0n) is 37.2. The van der Waals surface area contributed by atoms with Crippen LogP contribution in [0.4, 0.5) is 9.59 Å². The standard InChI is InChI=1S/C44H57NO18/c1-21-26-28(59-22(2)47)31(50)42(10)24(48)17-25-43(20-58-25,63-37(55)57-11)29(42)32(60-33(51)23-15-13-12-14-16-23)44(56,39(26,5)6)18-41(21,9)61-34(52)27(49)30(38(3,4)19-46)45-35(53)40(7,8)62-36(45)54/h12-16,24-25,27-30,32,46,48-49,56H,17-20H2,1-11H3/t24?,25-,27-,28-,29?,30-,32+,41+,42-,43+,44-/m1/s1. The molecule has 1 aromatic carbocycles. The quantitative estimate of drug-likeness (QED) is 0.149. The number of ketones is 1. The van der Waals surface area contributed by atoms with Crippen molar-refractivity contribution in [3.8, 4) is 0 Å². The van der Waals surface area contributed by atoms with Crippen molar-refractivity contribution >= 4 is 41.8 Å². The number of carbonyl (C=O) groups is 7. The van der Waals surface area contributed by atoms with Crippen LogP contribution in [0.2, 0.25) is 0 Å². The van der Waals surface area contributed by atoms with E-state index in [1.807, 2.05) is 0 Å². The summed E-state index contributed by atoms with van der Waals surface area (Å²) in [5.74, 6) is -7.01. The topological polar surface area (TPSA) is 268 Å². The van der Waals surface area contributed by atoms with Crippen LogP contribution in [0.25, 0.3) is 0 Å². The largest absolute Gasteiger partial charge is 0.508 e. The molecule has 63 heavy (non-hydrogen) atoms.